The van der Waals surface area contributed by atoms with Gasteiger partial charge in [0, 0.05) is 41.6 Å². The third-order valence-corrected chi connectivity index (χ3v) is 5.28. The Kier molecular flexibility index (Phi) is 2.81. The van der Waals surface area contributed by atoms with Crippen LogP contribution < -0.4 is 4.90 Å². The van der Waals surface area contributed by atoms with Crippen molar-refractivity contribution in [2.75, 3.05) is 18.0 Å². The van der Waals surface area contributed by atoms with E-state index in [4.69, 9.17) is 0 Å². The third-order valence-electron chi connectivity index (χ3n) is 4.05. The molecule has 0 bridgehead atoms. The molecule has 0 aliphatic carbocycles. The summed E-state index contributed by atoms with van der Waals surface area (Å²) >= 11 is 0. The van der Waals surface area contributed by atoms with Gasteiger partial charge in [-0.05, 0) is 12.5 Å². The van der Waals surface area contributed by atoms with Gasteiger partial charge in [0.15, 0.2) is 5.82 Å². The fraction of sp³-hybridized carbons (Fsp3) is 0.308. The zero-order valence-electron chi connectivity index (χ0n) is 11.5. The molecule has 0 radical (unpaired) electrons. The molecular formula is C13H13N5O3S. The molecule has 4 rings (SSSR count). The van der Waals surface area contributed by atoms with Gasteiger partial charge in [-0.3, -0.25) is 4.55 Å². The number of hydrogen-bond acceptors (Lipinski definition) is 6. The Bertz CT molecular complexity index is 968. The predicted octanol–water partition coefficient (Wildman–Crippen LogP) is 0.973. The number of fused-ring (bicyclic) bond motifs is 3. The second-order valence-corrected chi connectivity index (χ2v) is 7.06. The maximum atomic E-state index is 11.3. The first kappa shape index (κ1) is 13.4. The highest BCUT2D eigenvalue weighted by molar-refractivity contribution is 7.86. The second kappa shape index (κ2) is 4.62. The van der Waals surface area contributed by atoms with Gasteiger partial charge >= 0.3 is 0 Å². The van der Waals surface area contributed by atoms with E-state index in [1.165, 1.54) is 0 Å². The number of aromatic amines is 1. The van der Waals surface area contributed by atoms with Crippen LogP contribution in [-0.2, 0) is 10.1 Å². The Morgan fingerprint density at radius 1 is 1.36 bits per heavy atom. The molecule has 0 spiro atoms. The second-order valence-electron chi connectivity index (χ2n) is 5.37. The Morgan fingerprint density at radius 3 is 3.00 bits per heavy atom. The third kappa shape index (κ3) is 2.01. The first-order valence-electron chi connectivity index (χ1n) is 6.83. The molecule has 1 fully saturated rings. The molecule has 1 saturated heterocycles. The lowest BCUT2D eigenvalue weighted by Gasteiger charge is -2.18. The summed E-state index contributed by atoms with van der Waals surface area (Å²) < 4.78 is 31.9. The minimum atomic E-state index is -4.04. The molecule has 114 valence electrons. The minimum Gasteiger partial charge on any atom is -0.353 e. The van der Waals surface area contributed by atoms with Crippen molar-refractivity contribution in [1.82, 2.24) is 20.2 Å². The van der Waals surface area contributed by atoms with Crippen molar-refractivity contribution in [2.45, 2.75) is 11.7 Å². The summed E-state index contributed by atoms with van der Waals surface area (Å²) in [6.45, 7) is 0.716. The van der Waals surface area contributed by atoms with Gasteiger partial charge < -0.3 is 9.88 Å². The van der Waals surface area contributed by atoms with E-state index < -0.39 is 15.4 Å². The zero-order chi connectivity index (χ0) is 15.3. The predicted molar refractivity (Wildman–Crippen MR) is 81.4 cm³/mol. The molecule has 0 aromatic carbocycles. The normalized spacial score (nSPS) is 19.3. The van der Waals surface area contributed by atoms with E-state index >= 15 is 0 Å². The summed E-state index contributed by atoms with van der Waals surface area (Å²) in [5.41, 5.74) is 0.743. The van der Waals surface area contributed by atoms with Crippen LogP contribution in [0.5, 0.6) is 0 Å². The first-order chi connectivity index (χ1) is 10.5. The van der Waals surface area contributed by atoms with Crippen molar-refractivity contribution in [1.29, 1.82) is 0 Å². The summed E-state index contributed by atoms with van der Waals surface area (Å²) in [6, 6.07) is 1.91. The summed E-state index contributed by atoms with van der Waals surface area (Å²) in [6.07, 6.45) is 5.52. The molecule has 1 unspecified atom stereocenters. The molecule has 1 atom stereocenters. The Hall–Kier alpha value is -2.26. The number of H-pyrrole nitrogens is 1. The monoisotopic (exact) mass is 319 g/mol. The molecule has 1 aliphatic rings. The van der Waals surface area contributed by atoms with Crippen LogP contribution in [-0.4, -0.2) is 51.5 Å². The van der Waals surface area contributed by atoms with Crippen LogP contribution in [0.2, 0.25) is 0 Å². The topological polar surface area (TPSA) is 112 Å². The van der Waals surface area contributed by atoms with Gasteiger partial charge in [-0.1, -0.05) is 0 Å². The molecule has 22 heavy (non-hydrogen) atoms. The minimum absolute atomic E-state index is 0.209. The standard InChI is InChI=1S/C13H13N5O3S/c19-22(20,21)9-2-4-18(7-9)13-11-8(6-16-17-13)5-15-12-10(11)1-3-14-12/h1,3,5-6,9H,2,4,7H2,(H,14,15)(H,19,20,21). The van der Waals surface area contributed by atoms with E-state index in [1.807, 2.05) is 11.0 Å². The zero-order valence-corrected chi connectivity index (χ0v) is 12.3. The molecule has 3 aromatic rings. The van der Waals surface area contributed by atoms with E-state index in [9.17, 15) is 13.0 Å². The highest BCUT2D eigenvalue weighted by atomic mass is 32.2. The van der Waals surface area contributed by atoms with Crippen molar-refractivity contribution < 1.29 is 13.0 Å². The van der Waals surface area contributed by atoms with E-state index in [0.717, 1.165) is 21.8 Å². The van der Waals surface area contributed by atoms with Crippen LogP contribution in [0.15, 0.2) is 24.7 Å². The van der Waals surface area contributed by atoms with Gasteiger partial charge in [0.25, 0.3) is 10.1 Å². The van der Waals surface area contributed by atoms with Crippen LogP contribution in [0.1, 0.15) is 6.42 Å². The molecular weight excluding hydrogens is 306 g/mol. The van der Waals surface area contributed by atoms with Crippen LogP contribution >= 0.6 is 0 Å². The van der Waals surface area contributed by atoms with Crippen molar-refractivity contribution in [2.24, 2.45) is 0 Å². The van der Waals surface area contributed by atoms with Crippen molar-refractivity contribution in [3.8, 4) is 0 Å². The molecule has 1 aliphatic heterocycles. The molecule has 8 nitrogen and oxygen atoms in total. The van der Waals surface area contributed by atoms with Crippen molar-refractivity contribution >= 4 is 37.7 Å². The maximum absolute atomic E-state index is 11.3. The fourth-order valence-corrected chi connectivity index (χ4v) is 3.72. The van der Waals surface area contributed by atoms with Crippen LogP contribution in [0.25, 0.3) is 21.8 Å². The Balaban J connectivity index is 1.87. The van der Waals surface area contributed by atoms with E-state index in [1.54, 1.807) is 18.6 Å². The van der Waals surface area contributed by atoms with Gasteiger partial charge in [0.2, 0.25) is 0 Å². The lowest BCUT2D eigenvalue weighted by Crippen LogP contribution is -2.27. The molecule has 0 saturated carbocycles. The van der Waals surface area contributed by atoms with E-state index in [-0.39, 0.29) is 6.54 Å². The van der Waals surface area contributed by atoms with Crippen LogP contribution in [0.3, 0.4) is 0 Å². The smallest absolute Gasteiger partial charge is 0.269 e. The Morgan fingerprint density at radius 2 is 2.23 bits per heavy atom. The molecule has 0 amide bonds. The average Bonchev–Trinajstić information content (AvgIpc) is 3.15. The van der Waals surface area contributed by atoms with Crippen molar-refractivity contribution in [3.05, 3.63) is 24.7 Å². The van der Waals surface area contributed by atoms with E-state index in [0.29, 0.717) is 18.8 Å². The summed E-state index contributed by atoms with van der Waals surface area (Å²) in [7, 11) is -4.04. The lowest BCUT2D eigenvalue weighted by molar-refractivity contribution is 0.470. The Labute approximate surface area is 125 Å². The number of nitrogens with one attached hydrogen (secondary N) is 1. The van der Waals surface area contributed by atoms with Crippen molar-refractivity contribution in [3.63, 3.8) is 0 Å². The lowest BCUT2D eigenvalue weighted by atomic mass is 10.1. The first-order valence-corrected chi connectivity index (χ1v) is 8.33. The fourth-order valence-electron chi connectivity index (χ4n) is 2.95. The van der Waals surface area contributed by atoms with Gasteiger partial charge in [-0.25, -0.2) is 4.98 Å². The largest absolute Gasteiger partial charge is 0.353 e. The number of rotatable bonds is 2. The molecule has 2 N–H and O–H groups in total. The number of anilines is 1. The maximum Gasteiger partial charge on any atom is 0.269 e. The van der Waals surface area contributed by atoms with Gasteiger partial charge in [0.1, 0.15) is 10.9 Å². The van der Waals surface area contributed by atoms with Gasteiger partial charge in [0.05, 0.1) is 6.20 Å². The quantitative estimate of drug-likeness (QED) is 0.677. The average molecular weight is 319 g/mol. The van der Waals surface area contributed by atoms with Crippen LogP contribution in [0.4, 0.5) is 5.82 Å². The summed E-state index contributed by atoms with van der Waals surface area (Å²) in [4.78, 5) is 9.21. The number of nitrogens with zero attached hydrogens (tertiary/aromatic N) is 4. The molecule has 3 aromatic heterocycles. The number of pyridine rings is 1. The highest BCUT2D eigenvalue weighted by Crippen LogP contribution is 2.32. The summed E-state index contributed by atoms with van der Waals surface area (Å²) in [5, 5.41) is 10.0. The molecule has 9 heteroatoms. The highest BCUT2D eigenvalue weighted by Gasteiger charge is 2.33. The number of aromatic nitrogens is 4. The van der Waals surface area contributed by atoms with E-state index in [2.05, 4.69) is 20.2 Å². The van der Waals surface area contributed by atoms with Gasteiger partial charge in [-0.2, -0.15) is 13.5 Å². The SMILES string of the molecule is O=S(=O)(O)C1CCN(c2nncc3cnc4[nH]ccc4c23)C1. The summed E-state index contributed by atoms with van der Waals surface area (Å²) in [5.74, 6) is 0.621. The van der Waals surface area contributed by atoms with Crippen LogP contribution in [0, 0.1) is 0 Å². The number of hydrogen-bond donors (Lipinski definition) is 2. The molecule has 4 heterocycles. The van der Waals surface area contributed by atoms with Gasteiger partial charge in [-0.15, -0.1) is 5.10 Å².